The van der Waals surface area contributed by atoms with E-state index in [9.17, 15) is 18.8 Å². The number of nitrogens with zero attached hydrogens (tertiary/aromatic N) is 4. The van der Waals surface area contributed by atoms with E-state index in [1.807, 2.05) is 50.2 Å². The molecule has 0 bridgehead atoms. The van der Waals surface area contributed by atoms with Gasteiger partial charge in [0, 0.05) is 32.0 Å². The summed E-state index contributed by atoms with van der Waals surface area (Å²) in [5, 5.41) is 9.35. The molecule has 1 fully saturated rings. The molecule has 0 aliphatic carbocycles. The average molecular weight is 478 g/mol. The van der Waals surface area contributed by atoms with Crippen molar-refractivity contribution < 1.29 is 13.6 Å². The van der Waals surface area contributed by atoms with E-state index in [2.05, 4.69) is 11.1 Å². The lowest BCUT2D eigenvalue weighted by atomic mass is 9.93. The monoisotopic (exact) mass is 477 g/mol. The molecule has 6 nitrogen and oxygen atoms in total. The first-order chi connectivity index (χ1) is 17.0. The van der Waals surface area contributed by atoms with Crippen LogP contribution in [0.1, 0.15) is 46.9 Å². The van der Waals surface area contributed by atoms with Crippen LogP contribution in [0.4, 0.5) is 14.5 Å². The summed E-state index contributed by atoms with van der Waals surface area (Å²) >= 11 is 0. The van der Waals surface area contributed by atoms with Crippen molar-refractivity contribution in [3.63, 3.8) is 0 Å². The number of benzene rings is 2. The summed E-state index contributed by atoms with van der Waals surface area (Å²) in [5.41, 5.74) is 8.41. The zero-order valence-corrected chi connectivity index (χ0v) is 19.8. The lowest BCUT2D eigenvalue weighted by Crippen LogP contribution is -2.58. The van der Waals surface area contributed by atoms with E-state index < -0.39 is 18.5 Å². The van der Waals surface area contributed by atoms with Crippen LogP contribution < -0.4 is 5.73 Å². The number of nitriles is 1. The standard InChI is InChI=1S/C25H23F2N5O.C2H6/c26-24(27)22-16-31(25(33)20-12-21(29)15-30-14-20)9-10-32(22)23(18-6-2-1-3-7-18)19-8-4-5-17(11-19)13-28;1-2/h1-8,11-12,14-15,22-24H,9-10,16,29H2;1-2H3/t22-,23?;/m0./s1. The van der Waals surface area contributed by atoms with Crippen molar-refractivity contribution in [1.29, 1.82) is 5.26 Å². The lowest BCUT2D eigenvalue weighted by molar-refractivity contribution is -0.0319. The van der Waals surface area contributed by atoms with Crippen LogP contribution in [-0.2, 0) is 0 Å². The molecule has 4 rings (SSSR count). The second kappa shape index (κ2) is 12.0. The van der Waals surface area contributed by atoms with Crippen LogP contribution in [0.5, 0.6) is 0 Å². The Morgan fingerprint density at radius 3 is 2.43 bits per heavy atom. The minimum Gasteiger partial charge on any atom is -0.397 e. The van der Waals surface area contributed by atoms with Gasteiger partial charge in [0.15, 0.2) is 0 Å². The summed E-state index contributed by atoms with van der Waals surface area (Å²) in [4.78, 5) is 20.0. The highest BCUT2D eigenvalue weighted by Crippen LogP contribution is 2.34. The molecule has 1 amide bonds. The molecule has 2 atom stereocenters. The van der Waals surface area contributed by atoms with Crippen molar-refractivity contribution in [2.45, 2.75) is 32.4 Å². The quantitative estimate of drug-likeness (QED) is 0.574. The van der Waals surface area contributed by atoms with Crippen molar-refractivity contribution in [3.8, 4) is 6.07 Å². The van der Waals surface area contributed by atoms with E-state index >= 15 is 0 Å². The van der Waals surface area contributed by atoms with Crippen molar-refractivity contribution in [2.75, 3.05) is 25.4 Å². The topological polar surface area (TPSA) is 86.2 Å². The van der Waals surface area contributed by atoms with E-state index in [1.54, 1.807) is 23.1 Å². The predicted octanol–water partition coefficient (Wildman–Crippen LogP) is 4.74. The Balaban J connectivity index is 0.00000167. The molecule has 1 aliphatic heterocycles. The molecule has 0 saturated carbocycles. The maximum atomic E-state index is 14.3. The molecular weight excluding hydrogens is 448 g/mol. The first kappa shape index (κ1) is 25.8. The highest BCUT2D eigenvalue weighted by atomic mass is 19.3. The number of nitrogens with two attached hydrogens (primary N) is 1. The van der Waals surface area contributed by atoms with Crippen LogP contribution in [0.25, 0.3) is 0 Å². The first-order valence-electron chi connectivity index (χ1n) is 11.6. The Labute approximate surface area is 204 Å². The number of nitrogen functional groups attached to an aromatic ring is 1. The third-order valence-electron chi connectivity index (χ3n) is 5.82. The molecule has 3 aromatic rings. The Hall–Kier alpha value is -3.83. The van der Waals surface area contributed by atoms with E-state index in [-0.39, 0.29) is 31.1 Å². The van der Waals surface area contributed by atoms with Gasteiger partial charge < -0.3 is 10.6 Å². The zero-order chi connectivity index (χ0) is 25.4. The van der Waals surface area contributed by atoms with Crippen molar-refractivity contribution in [3.05, 3.63) is 95.3 Å². The fourth-order valence-corrected chi connectivity index (χ4v) is 4.30. The maximum Gasteiger partial charge on any atom is 0.255 e. The number of pyridine rings is 1. The molecule has 1 aromatic heterocycles. The number of amides is 1. The lowest BCUT2D eigenvalue weighted by Gasteiger charge is -2.45. The highest BCUT2D eigenvalue weighted by Gasteiger charge is 2.40. The summed E-state index contributed by atoms with van der Waals surface area (Å²) < 4.78 is 28.7. The fraction of sp³-hybridized carbons (Fsp3) is 0.296. The van der Waals surface area contributed by atoms with E-state index in [1.165, 1.54) is 23.4 Å². The van der Waals surface area contributed by atoms with Crippen LogP contribution in [0.2, 0.25) is 0 Å². The van der Waals surface area contributed by atoms with Gasteiger partial charge in [-0.1, -0.05) is 56.3 Å². The van der Waals surface area contributed by atoms with Gasteiger partial charge in [-0.3, -0.25) is 14.7 Å². The number of carbonyl (C=O) groups excluding carboxylic acids is 1. The summed E-state index contributed by atoms with van der Waals surface area (Å²) in [6.45, 7) is 4.39. The highest BCUT2D eigenvalue weighted by molar-refractivity contribution is 5.94. The Kier molecular flexibility index (Phi) is 8.87. The van der Waals surface area contributed by atoms with Gasteiger partial charge in [0.2, 0.25) is 0 Å². The number of piperazine rings is 1. The van der Waals surface area contributed by atoms with Crippen molar-refractivity contribution >= 4 is 11.6 Å². The van der Waals surface area contributed by atoms with Gasteiger partial charge in [0.05, 0.1) is 35.0 Å². The molecular formula is C27H29F2N5O. The van der Waals surface area contributed by atoms with Gasteiger partial charge in [-0.2, -0.15) is 5.26 Å². The molecule has 1 aliphatic rings. The summed E-state index contributed by atoms with van der Waals surface area (Å²) in [5.74, 6) is -0.372. The molecule has 1 saturated heterocycles. The maximum absolute atomic E-state index is 14.3. The van der Waals surface area contributed by atoms with E-state index in [4.69, 9.17) is 5.73 Å². The minimum atomic E-state index is -2.68. The van der Waals surface area contributed by atoms with Crippen molar-refractivity contribution in [2.24, 2.45) is 0 Å². The van der Waals surface area contributed by atoms with Crippen LogP contribution in [0, 0.1) is 11.3 Å². The van der Waals surface area contributed by atoms with E-state index in [0.29, 0.717) is 11.3 Å². The number of carbonyl (C=O) groups is 1. The number of halogens is 2. The summed E-state index contributed by atoms with van der Waals surface area (Å²) in [6.07, 6.45) is 0.143. The Morgan fingerprint density at radius 2 is 1.77 bits per heavy atom. The Morgan fingerprint density at radius 1 is 1.06 bits per heavy atom. The Bertz CT molecular complexity index is 1170. The van der Waals surface area contributed by atoms with Gasteiger partial charge in [-0.25, -0.2) is 8.78 Å². The largest absolute Gasteiger partial charge is 0.397 e. The smallest absolute Gasteiger partial charge is 0.255 e. The average Bonchev–Trinajstić information content (AvgIpc) is 2.90. The number of alkyl halides is 2. The minimum absolute atomic E-state index is 0.132. The van der Waals surface area contributed by atoms with Gasteiger partial charge in [0.25, 0.3) is 12.3 Å². The number of hydrogen-bond donors (Lipinski definition) is 1. The second-order valence-corrected chi connectivity index (χ2v) is 7.95. The zero-order valence-electron chi connectivity index (χ0n) is 19.8. The second-order valence-electron chi connectivity index (χ2n) is 7.95. The number of aromatic nitrogens is 1. The molecule has 1 unspecified atom stereocenters. The third-order valence-corrected chi connectivity index (χ3v) is 5.82. The number of hydrogen-bond acceptors (Lipinski definition) is 5. The summed E-state index contributed by atoms with van der Waals surface area (Å²) in [6, 6.07) is 18.3. The van der Waals surface area contributed by atoms with Crippen LogP contribution in [-0.4, -0.2) is 52.8 Å². The number of rotatable bonds is 5. The SMILES string of the molecule is CC.N#Cc1cccc(C(c2ccccc2)N2CCN(C(=O)c3cncc(N)c3)C[C@H]2C(F)F)c1. The van der Waals surface area contributed by atoms with E-state index in [0.717, 1.165) is 11.1 Å². The first-order valence-corrected chi connectivity index (χ1v) is 11.6. The van der Waals surface area contributed by atoms with Crippen molar-refractivity contribution in [1.82, 2.24) is 14.8 Å². The molecule has 2 N–H and O–H groups in total. The molecule has 2 heterocycles. The number of anilines is 1. The molecule has 35 heavy (non-hydrogen) atoms. The molecule has 2 aromatic carbocycles. The van der Waals surface area contributed by atoms with Gasteiger partial charge in [-0.15, -0.1) is 0 Å². The van der Waals surface area contributed by atoms with Crippen LogP contribution in [0.15, 0.2) is 73.1 Å². The van der Waals surface area contributed by atoms with Gasteiger partial charge in [-0.05, 0) is 29.3 Å². The third kappa shape index (κ3) is 6.00. The van der Waals surface area contributed by atoms with Crippen LogP contribution >= 0.6 is 0 Å². The van der Waals surface area contributed by atoms with Gasteiger partial charge in [0.1, 0.15) is 0 Å². The predicted molar refractivity (Wildman–Crippen MR) is 132 cm³/mol. The molecule has 0 radical (unpaired) electrons. The van der Waals surface area contributed by atoms with Crippen LogP contribution in [0.3, 0.4) is 0 Å². The molecule has 8 heteroatoms. The normalized spacial score (nSPS) is 16.7. The fourth-order valence-electron chi connectivity index (χ4n) is 4.30. The van der Waals surface area contributed by atoms with Gasteiger partial charge >= 0.3 is 0 Å². The molecule has 182 valence electrons. The molecule has 0 spiro atoms. The summed E-state index contributed by atoms with van der Waals surface area (Å²) in [7, 11) is 0.